The van der Waals surface area contributed by atoms with Crippen molar-refractivity contribution >= 4 is 23.0 Å². The number of anilines is 1. The van der Waals surface area contributed by atoms with E-state index >= 15 is 0 Å². The maximum absolute atomic E-state index is 13.7. The van der Waals surface area contributed by atoms with Gasteiger partial charge in [0.15, 0.2) is 5.84 Å². The standard InChI is InChI=1S/C20H13F2N3/c21-15-8-6-14(7-9-15)20-23-17-11-10-16(22)12-18(17)24-19(25-20)13-4-2-1-3-5-13/h1-12H,(H,23,24,25). The summed E-state index contributed by atoms with van der Waals surface area (Å²) in [7, 11) is 0. The Bertz CT molecular complexity index is 978. The highest BCUT2D eigenvalue weighted by molar-refractivity contribution is 6.19. The molecule has 0 fully saturated rings. The van der Waals surface area contributed by atoms with E-state index in [1.165, 1.54) is 24.3 Å². The monoisotopic (exact) mass is 333 g/mol. The number of fused-ring (bicyclic) bond motifs is 1. The van der Waals surface area contributed by atoms with Crippen molar-refractivity contribution in [3.8, 4) is 0 Å². The van der Waals surface area contributed by atoms with Gasteiger partial charge < -0.3 is 5.32 Å². The summed E-state index contributed by atoms with van der Waals surface area (Å²) in [6.07, 6.45) is 0. The van der Waals surface area contributed by atoms with Crippen LogP contribution in [-0.4, -0.2) is 11.7 Å². The Labute approximate surface area is 143 Å². The van der Waals surface area contributed by atoms with Crippen molar-refractivity contribution in [2.45, 2.75) is 0 Å². The normalized spacial score (nSPS) is 13.2. The molecule has 0 aromatic heterocycles. The van der Waals surface area contributed by atoms with Crippen LogP contribution in [0, 0.1) is 11.6 Å². The molecule has 0 atom stereocenters. The molecule has 1 N–H and O–H groups in total. The lowest BCUT2D eigenvalue weighted by atomic mass is 10.2. The Balaban J connectivity index is 1.89. The van der Waals surface area contributed by atoms with E-state index in [1.54, 1.807) is 18.2 Å². The number of halogens is 2. The summed E-state index contributed by atoms with van der Waals surface area (Å²) < 4.78 is 26.9. The topological polar surface area (TPSA) is 36.8 Å². The molecule has 3 aromatic rings. The van der Waals surface area contributed by atoms with Crippen molar-refractivity contribution in [3.05, 3.63) is 95.6 Å². The van der Waals surface area contributed by atoms with Crippen LogP contribution in [0.1, 0.15) is 11.1 Å². The first-order valence-corrected chi connectivity index (χ1v) is 7.74. The van der Waals surface area contributed by atoms with Gasteiger partial charge in [-0.05, 0) is 42.5 Å². The van der Waals surface area contributed by atoms with Crippen molar-refractivity contribution in [1.82, 2.24) is 0 Å². The van der Waals surface area contributed by atoms with Gasteiger partial charge in [0.2, 0.25) is 0 Å². The molecule has 0 unspecified atom stereocenters. The van der Waals surface area contributed by atoms with E-state index < -0.39 is 0 Å². The van der Waals surface area contributed by atoms with Gasteiger partial charge in [0.1, 0.15) is 17.5 Å². The number of amidine groups is 2. The lowest BCUT2D eigenvalue weighted by Gasteiger charge is -2.09. The highest BCUT2D eigenvalue weighted by Crippen LogP contribution is 2.29. The molecule has 0 saturated heterocycles. The van der Waals surface area contributed by atoms with E-state index in [1.807, 2.05) is 30.3 Å². The largest absolute Gasteiger partial charge is 0.338 e. The van der Waals surface area contributed by atoms with Crippen molar-refractivity contribution in [3.63, 3.8) is 0 Å². The number of aliphatic imine (C=N–C) groups is 2. The second kappa shape index (κ2) is 6.28. The Morgan fingerprint density at radius 2 is 1.40 bits per heavy atom. The summed E-state index contributed by atoms with van der Waals surface area (Å²) in [5.41, 5.74) is 2.61. The van der Waals surface area contributed by atoms with Crippen LogP contribution in [0.3, 0.4) is 0 Å². The van der Waals surface area contributed by atoms with E-state index in [2.05, 4.69) is 15.3 Å². The van der Waals surface area contributed by atoms with Gasteiger partial charge in [-0.1, -0.05) is 30.3 Å². The molecule has 0 spiro atoms. The highest BCUT2D eigenvalue weighted by atomic mass is 19.1. The second-order valence-electron chi connectivity index (χ2n) is 5.56. The van der Waals surface area contributed by atoms with E-state index in [0.717, 1.165) is 5.56 Å². The van der Waals surface area contributed by atoms with E-state index in [4.69, 9.17) is 0 Å². The Hall–Kier alpha value is -3.34. The molecule has 122 valence electrons. The van der Waals surface area contributed by atoms with Crippen LogP contribution in [-0.2, 0) is 0 Å². The molecule has 5 heteroatoms. The molecule has 1 aliphatic rings. The molecule has 1 heterocycles. The van der Waals surface area contributed by atoms with Gasteiger partial charge >= 0.3 is 0 Å². The van der Waals surface area contributed by atoms with E-state index in [-0.39, 0.29) is 11.6 Å². The van der Waals surface area contributed by atoms with Crippen molar-refractivity contribution in [1.29, 1.82) is 0 Å². The van der Waals surface area contributed by atoms with Crippen LogP contribution < -0.4 is 5.32 Å². The van der Waals surface area contributed by atoms with Crippen LogP contribution in [0.25, 0.3) is 0 Å². The van der Waals surface area contributed by atoms with Crippen molar-refractivity contribution in [2.75, 3.05) is 5.32 Å². The number of nitrogens with zero attached hydrogens (tertiary/aromatic N) is 2. The van der Waals surface area contributed by atoms with Crippen molar-refractivity contribution < 1.29 is 8.78 Å². The van der Waals surface area contributed by atoms with Gasteiger partial charge in [0, 0.05) is 11.1 Å². The summed E-state index contributed by atoms with van der Waals surface area (Å²) in [5, 5.41) is 3.15. The molecule has 4 rings (SSSR count). The SMILES string of the molecule is Fc1ccc(C2=Nc3ccc(F)cc3NC(c3ccccc3)=N2)cc1. The summed E-state index contributed by atoms with van der Waals surface area (Å²) >= 11 is 0. The van der Waals surface area contributed by atoms with Gasteiger partial charge in [-0.3, -0.25) is 0 Å². The average molecular weight is 333 g/mol. The van der Waals surface area contributed by atoms with Crippen molar-refractivity contribution in [2.24, 2.45) is 9.98 Å². The fourth-order valence-electron chi connectivity index (χ4n) is 2.57. The molecule has 3 aromatic carbocycles. The maximum atomic E-state index is 13.7. The van der Waals surface area contributed by atoms with Crippen LogP contribution in [0.5, 0.6) is 0 Å². The zero-order valence-corrected chi connectivity index (χ0v) is 13.1. The van der Waals surface area contributed by atoms with Crippen LogP contribution >= 0.6 is 0 Å². The predicted molar refractivity (Wildman–Crippen MR) is 95.6 cm³/mol. The summed E-state index contributed by atoms with van der Waals surface area (Å²) in [4.78, 5) is 9.13. The first-order chi connectivity index (χ1) is 12.2. The molecule has 1 aliphatic heterocycles. The van der Waals surface area contributed by atoms with Gasteiger partial charge in [-0.25, -0.2) is 18.8 Å². The van der Waals surface area contributed by atoms with Crippen LogP contribution in [0.4, 0.5) is 20.2 Å². The molecular weight excluding hydrogens is 320 g/mol. The number of nitrogens with one attached hydrogen (secondary N) is 1. The number of hydrogen-bond donors (Lipinski definition) is 1. The molecule has 25 heavy (non-hydrogen) atoms. The van der Waals surface area contributed by atoms with Crippen LogP contribution in [0.15, 0.2) is 82.8 Å². The molecule has 0 bridgehead atoms. The predicted octanol–water partition coefficient (Wildman–Crippen LogP) is 4.92. The fraction of sp³-hybridized carbons (Fsp3) is 0. The lowest BCUT2D eigenvalue weighted by molar-refractivity contribution is 0.627. The number of benzene rings is 3. The average Bonchev–Trinajstić information content (AvgIpc) is 2.82. The minimum absolute atomic E-state index is 0.328. The maximum Gasteiger partial charge on any atom is 0.162 e. The minimum atomic E-state index is -0.362. The zero-order valence-electron chi connectivity index (χ0n) is 13.1. The third-order valence-electron chi connectivity index (χ3n) is 3.81. The number of hydrogen-bond acceptors (Lipinski definition) is 3. The van der Waals surface area contributed by atoms with Gasteiger partial charge in [0.05, 0.1) is 11.4 Å². The van der Waals surface area contributed by atoms with Gasteiger partial charge in [-0.2, -0.15) is 0 Å². The van der Waals surface area contributed by atoms with Gasteiger partial charge in [-0.15, -0.1) is 0 Å². The third-order valence-corrected chi connectivity index (χ3v) is 3.81. The van der Waals surface area contributed by atoms with Crippen LogP contribution in [0.2, 0.25) is 0 Å². The summed E-state index contributed by atoms with van der Waals surface area (Å²) in [6.45, 7) is 0. The molecule has 0 radical (unpaired) electrons. The summed E-state index contributed by atoms with van der Waals surface area (Å²) in [6, 6.07) is 19.8. The fourth-order valence-corrected chi connectivity index (χ4v) is 2.57. The Kier molecular flexibility index (Phi) is 3.82. The molecule has 0 aliphatic carbocycles. The molecule has 0 saturated carbocycles. The summed E-state index contributed by atoms with van der Waals surface area (Å²) in [5.74, 6) is 0.287. The third kappa shape index (κ3) is 3.17. The molecular formula is C20H13F2N3. The second-order valence-corrected chi connectivity index (χ2v) is 5.56. The molecule has 3 nitrogen and oxygen atoms in total. The smallest absolute Gasteiger partial charge is 0.162 e. The van der Waals surface area contributed by atoms with E-state index in [0.29, 0.717) is 28.6 Å². The highest BCUT2D eigenvalue weighted by Gasteiger charge is 2.15. The Morgan fingerprint density at radius 3 is 2.16 bits per heavy atom. The minimum Gasteiger partial charge on any atom is -0.338 e. The number of rotatable bonds is 2. The molecule has 0 amide bonds. The Morgan fingerprint density at radius 1 is 0.680 bits per heavy atom. The first-order valence-electron chi connectivity index (χ1n) is 7.74. The lowest BCUT2D eigenvalue weighted by Crippen LogP contribution is -2.15. The quantitative estimate of drug-likeness (QED) is 0.710. The van der Waals surface area contributed by atoms with E-state index in [9.17, 15) is 8.78 Å². The zero-order chi connectivity index (χ0) is 17.2. The first kappa shape index (κ1) is 15.2. The van der Waals surface area contributed by atoms with Gasteiger partial charge in [0.25, 0.3) is 0 Å².